The summed E-state index contributed by atoms with van der Waals surface area (Å²) in [5.41, 5.74) is -0.113. The van der Waals surface area contributed by atoms with Gasteiger partial charge in [0.2, 0.25) is 0 Å². The Morgan fingerprint density at radius 3 is 2.62 bits per heavy atom. The molecule has 0 amide bonds. The summed E-state index contributed by atoms with van der Waals surface area (Å²) in [6.07, 6.45) is 2.14. The lowest BCUT2D eigenvalue weighted by molar-refractivity contribution is -0.131. The molecule has 0 aliphatic heterocycles. The molecule has 16 heavy (non-hydrogen) atoms. The van der Waals surface area contributed by atoms with Crippen molar-refractivity contribution in [1.82, 2.24) is 0 Å². The highest BCUT2D eigenvalue weighted by molar-refractivity contribution is 5.86. The van der Waals surface area contributed by atoms with Gasteiger partial charge in [0, 0.05) is 17.2 Å². The fraction of sp³-hybridized carbons (Fsp3) is 0. The van der Waals surface area contributed by atoms with Gasteiger partial charge in [-0.3, -0.25) is 4.79 Å². The zero-order valence-electron chi connectivity index (χ0n) is 7.98. The lowest BCUT2D eigenvalue weighted by atomic mass is 10.0. The van der Waals surface area contributed by atoms with Crippen molar-refractivity contribution >= 4 is 18.3 Å². The van der Waals surface area contributed by atoms with Crippen LogP contribution in [0.4, 0.5) is 4.39 Å². The van der Waals surface area contributed by atoms with Gasteiger partial charge < -0.3 is 5.11 Å². The molecule has 0 saturated carbocycles. The Morgan fingerprint density at radius 2 is 2.12 bits per heavy atom. The Bertz CT molecular complexity index is 515. The average Bonchev–Trinajstić information content (AvgIpc) is 2.26. The number of hydrogen-bond donors (Lipinski definition) is 1. The summed E-state index contributed by atoms with van der Waals surface area (Å²) in [6.45, 7) is 0. The second-order valence-corrected chi connectivity index (χ2v) is 2.86. The Kier molecular flexibility index (Phi) is 3.51. The van der Waals surface area contributed by atoms with Crippen LogP contribution in [0.25, 0.3) is 6.08 Å². The van der Waals surface area contributed by atoms with Crippen molar-refractivity contribution < 1.29 is 19.1 Å². The maximum atomic E-state index is 13.3. The van der Waals surface area contributed by atoms with Gasteiger partial charge >= 0.3 is 5.97 Å². The van der Waals surface area contributed by atoms with Crippen molar-refractivity contribution in [1.29, 1.82) is 5.26 Å². The van der Waals surface area contributed by atoms with Gasteiger partial charge in [0.25, 0.3) is 0 Å². The number of halogens is 1. The molecule has 0 fully saturated rings. The van der Waals surface area contributed by atoms with Gasteiger partial charge in [0.05, 0.1) is 11.6 Å². The Hall–Kier alpha value is -2.48. The molecule has 1 aromatic carbocycles. The van der Waals surface area contributed by atoms with Gasteiger partial charge in [-0.15, -0.1) is 0 Å². The Balaban J connectivity index is 3.28. The van der Waals surface area contributed by atoms with E-state index in [1.165, 1.54) is 0 Å². The molecule has 0 heterocycles. The number of nitriles is 1. The van der Waals surface area contributed by atoms with Crippen LogP contribution in [0.15, 0.2) is 18.2 Å². The minimum Gasteiger partial charge on any atom is -0.478 e. The zero-order valence-corrected chi connectivity index (χ0v) is 7.98. The average molecular weight is 219 g/mol. The van der Waals surface area contributed by atoms with Gasteiger partial charge in [0.15, 0.2) is 6.29 Å². The van der Waals surface area contributed by atoms with Crippen LogP contribution in [-0.2, 0) is 4.79 Å². The molecule has 0 aliphatic carbocycles. The van der Waals surface area contributed by atoms with E-state index in [4.69, 9.17) is 10.4 Å². The van der Waals surface area contributed by atoms with Crippen molar-refractivity contribution in [3.05, 3.63) is 40.7 Å². The number of carbonyl (C=O) groups is 2. The number of hydrogen-bond acceptors (Lipinski definition) is 3. The van der Waals surface area contributed by atoms with Crippen LogP contribution in [-0.4, -0.2) is 17.4 Å². The van der Waals surface area contributed by atoms with Crippen LogP contribution in [0, 0.1) is 17.1 Å². The number of carbonyl (C=O) groups excluding carboxylic acids is 1. The van der Waals surface area contributed by atoms with E-state index < -0.39 is 11.8 Å². The zero-order chi connectivity index (χ0) is 12.1. The number of aliphatic carboxylic acids is 1. The largest absolute Gasteiger partial charge is 0.478 e. The van der Waals surface area contributed by atoms with E-state index in [0.717, 1.165) is 24.3 Å². The highest BCUT2D eigenvalue weighted by atomic mass is 19.1. The fourth-order valence-electron chi connectivity index (χ4n) is 1.09. The molecular weight excluding hydrogens is 213 g/mol. The van der Waals surface area contributed by atoms with E-state index in [9.17, 15) is 14.0 Å². The lowest BCUT2D eigenvalue weighted by Gasteiger charge is -2.00. The molecule has 4 nitrogen and oxygen atoms in total. The summed E-state index contributed by atoms with van der Waals surface area (Å²) in [5, 5.41) is 17.0. The first-order valence-electron chi connectivity index (χ1n) is 4.18. The van der Waals surface area contributed by atoms with Crippen LogP contribution < -0.4 is 0 Å². The number of nitrogens with zero attached hydrogens (tertiary/aromatic N) is 1. The first-order valence-corrected chi connectivity index (χ1v) is 4.18. The summed E-state index contributed by atoms with van der Waals surface area (Å²) < 4.78 is 13.3. The van der Waals surface area contributed by atoms with Gasteiger partial charge in [-0.2, -0.15) is 5.26 Å². The molecule has 1 rings (SSSR count). The van der Waals surface area contributed by atoms with Crippen LogP contribution in [0.3, 0.4) is 0 Å². The molecule has 0 aliphatic rings. The van der Waals surface area contributed by atoms with E-state index in [1.807, 2.05) is 0 Å². The molecule has 5 heteroatoms. The SMILES string of the molecule is N#Cc1cc(/C=C/C(=O)O)c(F)cc1C=O. The predicted molar refractivity (Wildman–Crippen MR) is 53.2 cm³/mol. The van der Waals surface area contributed by atoms with Gasteiger partial charge in [-0.05, 0) is 18.2 Å². The first kappa shape index (κ1) is 11.6. The van der Waals surface area contributed by atoms with Crippen LogP contribution in [0.5, 0.6) is 0 Å². The molecule has 80 valence electrons. The van der Waals surface area contributed by atoms with Gasteiger partial charge in [-0.25, -0.2) is 9.18 Å². The van der Waals surface area contributed by atoms with Gasteiger partial charge in [-0.1, -0.05) is 0 Å². The third-order valence-corrected chi connectivity index (χ3v) is 1.82. The predicted octanol–water partition coefficient (Wildman–Crippen LogP) is 1.61. The number of benzene rings is 1. The minimum absolute atomic E-state index is 0.00133. The number of rotatable bonds is 3. The van der Waals surface area contributed by atoms with Crippen LogP contribution in [0.2, 0.25) is 0 Å². The Morgan fingerprint density at radius 1 is 1.44 bits per heavy atom. The summed E-state index contributed by atoms with van der Waals surface area (Å²) >= 11 is 0. The van der Waals surface area contributed by atoms with Crippen molar-refractivity contribution in [3.8, 4) is 6.07 Å². The number of carboxylic acid groups (broad SMARTS) is 1. The molecule has 0 spiro atoms. The molecule has 0 aromatic heterocycles. The molecule has 1 N–H and O–H groups in total. The molecule has 0 bridgehead atoms. The maximum absolute atomic E-state index is 13.3. The van der Waals surface area contributed by atoms with Crippen LogP contribution >= 0.6 is 0 Å². The highest BCUT2D eigenvalue weighted by Crippen LogP contribution is 2.15. The maximum Gasteiger partial charge on any atom is 0.328 e. The summed E-state index contributed by atoms with van der Waals surface area (Å²) in [4.78, 5) is 20.7. The van der Waals surface area contributed by atoms with Gasteiger partial charge in [0.1, 0.15) is 5.82 Å². The van der Waals surface area contributed by atoms with E-state index in [0.29, 0.717) is 6.29 Å². The highest BCUT2D eigenvalue weighted by Gasteiger charge is 2.07. The molecule has 0 saturated heterocycles. The van der Waals surface area contributed by atoms with Crippen molar-refractivity contribution in [2.45, 2.75) is 0 Å². The van der Waals surface area contributed by atoms with Crippen molar-refractivity contribution in [2.75, 3.05) is 0 Å². The standard InChI is InChI=1S/C11H6FNO3/c12-10-4-9(6-14)8(5-13)3-7(10)1-2-11(15)16/h1-4,6H,(H,15,16)/b2-1+. The second kappa shape index (κ2) is 4.84. The molecular formula is C11H6FNO3. The summed E-state index contributed by atoms with van der Waals surface area (Å²) in [6, 6.07) is 3.74. The van der Waals surface area contributed by atoms with E-state index >= 15 is 0 Å². The third kappa shape index (κ3) is 2.51. The fourth-order valence-corrected chi connectivity index (χ4v) is 1.09. The third-order valence-electron chi connectivity index (χ3n) is 1.82. The normalized spacial score (nSPS) is 10.0. The Labute approximate surface area is 90.2 Å². The minimum atomic E-state index is -1.22. The smallest absolute Gasteiger partial charge is 0.328 e. The monoisotopic (exact) mass is 219 g/mol. The summed E-state index contributed by atoms with van der Waals surface area (Å²) in [5.74, 6) is -1.98. The van der Waals surface area contributed by atoms with E-state index in [-0.39, 0.29) is 16.7 Å². The number of carboxylic acids is 1. The molecule has 0 atom stereocenters. The molecule has 0 unspecified atom stereocenters. The molecule has 0 radical (unpaired) electrons. The van der Waals surface area contributed by atoms with E-state index in [1.54, 1.807) is 6.07 Å². The lowest BCUT2D eigenvalue weighted by Crippen LogP contribution is -1.94. The molecule has 1 aromatic rings. The van der Waals surface area contributed by atoms with Crippen molar-refractivity contribution in [2.24, 2.45) is 0 Å². The first-order chi connectivity index (χ1) is 7.58. The van der Waals surface area contributed by atoms with Crippen LogP contribution in [0.1, 0.15) is 21.5 Å². The number of aldehydes is 1. The summed E-state index contributed by atoms with van der Waals surface area (Å²) in [7, 11) is 0. The van der Waals surface area contributed by atoms with E-state index in [2.05, 4.69) is 0 Å². The second-order valence-electron chi connectivity index (χ2n) is 2.86. The topological polar surface area (TPSA) is 78.2 Å². The quantitative estimate of drug-likeness (QED) is 0.618. The van der Waals surface area contributed by atoms with Crippen molar-refractivity contribution in [3.63, 3.8) is 0 Å².